The lowest BCUT2D eigenvalue weighted by atomic mass is 9.99. The molecule has 0 N–H and O–H groups in total. The first kappa shape index (κ1) is 12.4. The second-order valence-corrected chi connectivity index (χ2v) is 4.19. The molecule has 0 saturated carbocycles. The summed E-state index contributed by atoms with van der Waals surface area (Å²) >= 11 is 0. The fraction of sp³-hybridized carbons (Fsp3) is 0.133. The van der Waals surface area contributed by atoms with Crippen molar-refractivity contribution >= 4 is 5.78 Å². The minimum atomic E-state index is -0.428. The van der Waals surface area contributed by atoms with E-state index in [1.54, 1.807) is 25.1 Å². The van der Waals surface area contributed by atoms with E-state index in [4.69, 9.17) is 0 Å². The average Bonchev–Trinajstić information content (AvgIpc) is 2.35. The van der Waals surface area contributed by atoms with E-state index < -0.39 is 5.82 Å². The van der Waals surface area contributed by atoms with E-state index in [2.05, 4.69) is 0 Å². The monoisotopic (exact) mass is 246 g/mol. The van der Waals surface area contributed by atoms with Gasteiger partial charge in [-0.25, -0.2) is 8.78 Å². The summed E-state index contributed by atoms with van der Waals surface area (Å²) in [5.74, 6) is -0.935. The van der Waals surface area contributed by atoms with Crippen molar-refractivity contribution < 1.29 is 13.6 Å². The van der Waals surface area contributed by atoms with Crippen molar-refractivity contribution in [2.75, 3.05) is 0 Å². The van der Waals surface area contributed by atoms with Gasteiger partial charge in [0.15, 0.2) is 5.78 Å². The van der Waals surface area contributed by atoms with Gasteiger partial charge in [0.25, 0.3) is 0 Å². The van der Waals surface area contributed by atoms with Gasteiger partial charge in [-0.15, -0.1) is 0 Å². The van der Waals surface area contributed by atoms with Crippen molar-refractivity contribution in [1.29, 1.82) is 0 Å². The molecule has 0 aliphatic carbocycles. The Balaban J connectivity index is 2.21. The molecule has 0 aromatic heterocycles. The van der Waals surface area contributed by atoms with Crippen LogP contribution in [0.4, 0.5) is 8.78 Å². The summed E-state index contributed by atoms with van der Waals surface area (Å²) in [4.78, 5) is 12.0. The van der Waals surface area contributed by atoms with Gasteiger partial charge in [-0.2, -0.15) is 0 Å². The normalized spacial score (nSPS) is 10.4. The summed E-state index contributed by atoms with van der Waals surface area (Å²) in [5, 5.41) is 0. The molecule has 0 saturated heterocycles. The second-order valence-electron chi connectivity index (χ2n) is 4.19. The number of hydrogen-bond donors (Lipinski definition) is 0. The summed E-state index contributed by atoms with van der Waals surface area (Å²) in [6.07, 6.45) is 0.143. The van der Waals surface area contributed by atoms with Crippen molar-refractivity contribution in [3.63, 3.8) is 0 Å². The number of ketones is 1. The van der Waals surface area contributed by atoms with Crippen molar-refractivity contribution in [2.45, 2.75) is 13.3 Å². The number of carbonyl (C=O) groups is 1. The summed E-state index contributed by atoms with van der Waals surface area (Å²) in [5.41, 5.74) is 1.83. The van der Waals surface area contributed by atoms with Crippen LogP contribution < -0.4 is 0 Å². The quantitative estimate of drug-likeness (QED) is 0.755. The molecule has 0 amide bonds. The number of halogens is 2. The molecule has 2 aromatic carbocycles. The van der Waals surface area contributed by atoms with Crippen molar-refractivity contribution in [1.82, 2.24) is 0 Å². The van der Waals surface area contributed by atoms with Crippen molar-refractivity contribution in [3.8, 4) is 0 Å². The highest BCUT2D eigenvalue weighted by Gasteiger charge is 2.11. The standard InChI is InChI=1S/C15H12F2O/c1-10-2-5-13(17)9-14(10)15(18)8-11-3-6-12(16)7-4-11/h2-7,9H,8H2,1H3. The molecule has 0 fully saturated rings. The molecular weight excluding hydrogens is 234 g/mol. The Bertz CT molecular complexity index is 574. The highest BCUT2D eigenvalue weighted by Crippen LogP contribution is 2.14. The fourth-order valence-electron chi connectivity index (χ4n) is 1.78. The Hall–Kier alpha value is -2.03. The summed E-state index contributed by atoms with van der Waals surface area (Å²) in [6.45, 7) is 1.76. The zero-order valence-electron chi connectivity index (χ0n) is 9.91. The summed E-state index contributed by atoms with van der Waals surface area (Å²) in [7, 11) is 0. The smallest absolute Gasteiger partial charge is 0.167 e. The minimum Gasteiger partial charge on any atom is -0.294 e. The molecule has 0 aliphatic rings. The SMILES string of the molecule is Cc1ccc(F)cc1C(=O)Cc1ccc(F)cc1. The number of Topliss-reactive ketones (excluding diaryl/α,β-unsaturated/α-hetero) is 1. The van der Waals surface area contributed by atoms with E-state index in [0.717, 1.165) is 5.56 Å². The second kappa shape index (κ2) is 5.08. The third kappa shape index (κ3) is 2.80. The van der Waals surface area contributed by atoms with Crippen LogP contribution in [0.3, 0.4) is 0 Å². The summed E-state index contributed by atoms with van der Waals surface area (Å²) in [6, 6.07) is 9.87. The van der Waals surface area contributed by atoms with Gasteiger partial charge in [0, 0.05) is 12.0 Å². The molecule has 2 rings (SSSR count). The lowest BCUT2D eigenvalue weighted by Gasteiger charge is -2.05. The Morgan fingerprint density at radius 3 is 2.28 bits per heavy atom. The average molecular weight is 246 g/mol. The molecular formula is C15H12F2O. The predicted molar refractivity (Wildman–Crippen MR) is 65.6 cm³/mol. The predicted octanol–water partition coefficient (Wildman–Crippen LogP) is 3.70. The molecule has 0 radical (unpaired) electrons. The molecule has 92 valence electrons. The van der Waals surface area contributed by atoms with E-state index >= 15 is 0 Å². The lowest BCUT2D eigenvalue weighted by molar-refractivity contribution is 0.0992. The van der Waals surface area contributed by atoms with Crippen molar-refractivity contribution in [3.05, 3.63) is 70.8 Å². The van der Waals surface area contributed by atoms with Gasteiger partial charge in [-0.1, -0.05) is 18.2 Å². The van der Waals surface area contributed by atoms with Crippen LogP contribution in [-0.4, -0.2) is 5.78 Å². The maximum absolute atomic E-state index is 13.1. The van der Waals surface area contributed by atoms with Gasteiger partial charge in [-0.3, -0.25) is 4.79 Å². The summed E-state index contributed by atoms with van der Waals surface area (Å²) < 4.78 is 25.8. The maximum atomic E-state index is 13.1. The van der Waals surface area contributed by atoms with E-state index in [0.29, 0.717) is 11.1 Å². The zero-order chi connectivity index (χ0) is 13.1. The molecule has 0 unspecified atom stereocenters. The van der Waals surface area contributed by atoms with Crippen molar-refractivity contribution in [2.24, 2.45) is 0 Å². The third-order valence-corrected chi connectivity index (χ3v) is 2.78. The molecule has 0 aliphatic heterocycles. The highest BCUT2D eigenvalue weighted by molar-refractivity contribution is 5.98. The van der Waals surface area contributed by atoms with E-state index in [-0.39, 0.29) is 18.0 Å². The van der Waals surface area contributed by atoms with Gasteiger partial charge in [-0.05, 0) is 42.3 Å². The van der Waals surface area contributed by atoms with E-state index in [1.807, 2.05) is 0 Å². The number of rotatable bonds is 3. The van der Waals surface area contributed by atoms with Gasteiger partial charge in [0.1, 0.15) is 11.6 Å². The maximum Gasteiger partial charge on any atom is 0.167 e. The van der Waals surface area contributed by atoms with Crippen LogP contribution in [0.25, 0.3) is 0 Å². The van der Waals surface area contributed by atoms with Crippen LogP contribution in [0, 0.1) is 18.6 Å². The van der Waals surface area contributed by atoms with Gasteiger partial charge in [0.05, 0.1) is 0 Å². The van der Waals surface area contributed by atoms with Crippen LogP contribution in [0.5, 0.6) is 0 Å². The Morgan fingerprint density at radius 1 is 1.00 bits per heavy atom. The Morgan fingerprint density at radius 2 is 1.61 bits per heavy atom. The molecule has 1 nitrogen and oxygen atoms in total. The molecule has 18 heavy (non-hydrogen) atoms. The van der Waals surface area contributed by atoms with Gasteiger partial charge < -0.3 is 0 Å². The van der Waals surface area contributed by atoms with Crippen LogP contribution in [0.2, 0.25) is 0 Å². The highest BCUT2D eigenvalue weighted by atomic mass is 19.1. The van der Waals surface area contributed by atoms with Gasteiger partial charge in [0.2, 0.25) is 0 Å². The van der Waals surface area contributed by atoms with Gasteiger partial charge >= 0.3 is 0 Å². The minimum absolute atomic E-state index is 0.143. The molecule has 0 spiro atoms. The fourth-order valence-corrected chi connectivity index (χ4v) is 1.78. The Labute approximate surface area is 104 Å². The number of carbonyl (C=O) groups excluding carboxylic acids is 1. The first-order chi connectivity index (χ1) is 8.56. The largest absolute Gasteiger partial charge is 0.294 e. The molecule has 0 bridgehead atoms. The molecule has 0 atom stereocenters. The van der Waals surface area contributed by atoms with Crippen LogP contribution in [0.1, 0.15) is 21.5 Å². The number of hydrogen-bond acceptors (Lipinski definition) is 1. The number of aryl methyl sites for hydroxylation is 1. The van der Waals surface area contributed by atoms with Crippen LogP contribution in [0.15, 0.2) is 42.5 Å². The molecule has 2 aromatic rings. The third-order valence-electron chi connectivity index (χ3n) is 2.78. The zero-order valence-corrected chi connectivity index (χ0v) is 9.91. The van der Waals surface area contributed by atoms with Crippen LogP contribution in [-0.2, 0) is 6.42 Å². The Kier molecular flexibility index (Phi) is 3.51. The van der Waals surface area contributed by atoms with Crippen LogP contribution >= 0.6 is 0 Å². The van der Waals surface area contributed by atoms with E-state index in [9.17, 15) is 13.6 Å². The number of benzene rings is 2. The lowest BCUT2D eigenvalue weighted by Crippen LogP contribution is -2.06. The first-order valence-electron chi connectivity index (χ1n) is 5.60. The first-order valence-corrected chi connectivity index (χ1v) is 5.60. The van der Waals surface area contributed by atoms with E-state index in [1.165, 1.54) is 24.3 Å². The molecule has 3 heteroatoms. The molecule has 0 heterocycles. The topological polar surface area (TPSA) is 17.1 Å².